The molecule has 6 heteroatoms. The lowest BCUT2D eigenvalue weighted by atomic mass is 10.2. The van der Waals surface area contributed by atoms with E-state index in [1.807, 2.05) is 12.1 Å². The summed E-state index contributed by atoms with van der Waals surface area (Å²) in [5, 5.41) is 2.77. The maximum Gasteiger partial charge on any atom is 0.236 e. The van der Waals surface area contributed by atoms with Gasteiger partial charge < -0.3 is 15.8 Å². The van der Waals surface area contributed by atoms with Crippen LogP contribution in [0.3, 0.4) is 0 Å². The second-order valence-corrected chi connectivity index (χ2v) is 5.03. The predicted molar refractivity (Wildman–Crippen MR) is 79.9 cm³/mol. The summed E-state index contributed by atoms with van der Waals surface area (Å²) in [6, 6.07) is 3.25. The second kappa shape index (κ2) is 8.07. The monoisotopic (exact) mass is 299 g/mol. The molecule has 1 unspecified atom stereocenters. The highest BCUT2D eigenvalue weighted by Gasteiger charge is 2.17. The molecule has 1 amide bonds. The summed E-state index contributed by atoms with van der Waals surface area (Å²) in [6.45, 7) is 2.11. The molecule has 1 atom stereocenters. The zero-order chi connectivity index (χ0) is 13.7. The van der Waals surface area contributed by atoms with Gasteiger partial charge >= 0.3 is 0 Å². The molecular formula is C14H22ClN3O2. The van der Waals surface area contributed by atoms with E-state index in [-0.39, 0.29) is 18.3 Å². The zero-order valence-corrected chi connectivity index (χ0v) is 12.5. The Labute approximate surface area is 125 Å². The number of hydrogen-bond donors (Lipinski definition) is 2. The van der Waals surface area contributed by atoms with Gasteiger partial charge in [0.15, 0.2) is 0 Å². The van der Waals surface area contributed by atoms with Gasteiger partial charge in [0, 0.05) is 18.8 Å². The van der Waals surface area contributed by atoms with Gasteiger partial charge in [-0.05, 0) is 44.2 Å². The number of halogens is 1. The summed E-state index contributed by atoms with van der Waals surface area (Å²) >= 11 is 0. The molecule has 0 bridgehead atoms. The van der Waals surface area contributed by atoms with Gasteiger partial charge in [-0.25, -0.2) is 4.98 Å². The van der Waals surface area contributed by atoms with Crippen LogP contribution in [0.4, 0.5) is 0 Å². The van der Waals surface area contributed by atoms with E-state index in [0.29, 0.717) is 18.5 Å². The molecule has 1 heterocycles. The average Bonchev–Trinajstić information content (AvgIpc) is 2.89. The summed E-state index contributed by atoms with van der Waals surface area (Å²) in [6.07, 6.45) is 6.67. The Morgan fingerprint density at radius 3 is 2.90 bits per heavy atom. The van der Waals surface area contributed by atoms with E-state index >= 15 is 0 Å². The van der Waals surface area contributed by atoms with Gasteiger partial charge in [0.1, 0.15) is 6.10 Å². The summed E-state index contributed by atoms with van der Waals surface area (Å²) in [4.78, 5) is 15.6. The number of aromatic nitrogens is 1. The van der Waals surface area contributed by atoms with Crippen LogP contribution in [0.15, 0.2) is 18.3 Å². The molecule has 1 fully saturated rings. The molecule has 1 aliphatic rings. The predicted octanol–water partition coefficient (Wildman–Crippen LogP) is 1.79. The first-order chi connectivity index (χ1) is 9.15. The number of hydrogen-bond acceptors (Lipinski definition) is 4. The largest absolute Gasteiger partial charge is 0.474 e. The number of rotatable bonds is 5. The van der Waals surface area contributed by atoms with Gasteiger partial charge in [-0.2, -0.15) is 0 Å². The van der Waals surface area contributed by atoms with E-state index < -0.39 is 6.04 Å². The van der Waals surface area contributed by atoms with Gasteiger partial charge in [0.25, 0.3) is 0 Å². The number of pyridine rings is 1. The maximum absolute atomic E-state index is 11.4. The van der Waals surface area contributed by atoms with E-state index in [4.69, 9.17) is 10.5 Å². The minimum absolute atomic E-state index is 0. The Morgan fingerprint density at radius 1 is 1.55 bits per heavy atom. The molecule has 0 saturated heterocycles. The lowest BCUT2D eigenvalue weighted by Gasteiger charge is -2.13. The summed E-state index contributed by atoms with van der Waals surface area (Å²) in [5.41, 5.74) is 6.46. The number of carbonyl (C=O) groups is 1. The first-order valence-corrected chi connectivity index (χ1v) is 6.80. The highest BCUT2D eigenvalue weighted by molar-refractivity contribution is 5.85. The van der Waals surface area contributed by atoms with E-state index in [2.05, 4.69) is 10.3 Å². The second-order valence-electron chi connectivity index (χ2n) is 5.03. The van der Waals surface area contributed by atoms with Gasteiger partial charge in [-0.1, -0.05) is 0 Å². The molecule has 1 aromatic heterocycles. The van der Waals surface area contributed by atoms with Crippen molar-refractivity contribution in [1.29, 1.82) is 0 Å². The summed E-state index contributed by atoms with van der Waals surface area (Å²) in [5.74, 6) is 0.481. The Kier molecular flexibility index (Phi) is 6.75. The number of carbonyl (C=O) groups excluding carboxylic acids is 1. The molecule has 2 rings (SSSR count). The van der Waals surface area contributed by atoms with Crippen molar-refractivity contribution < 1.29 is 9.53 Å². The Balaban J connectivity index is 0.00000200. The van der Waals surface area contributed by atoms with Crippen molar-refractivity contribution in [3.05, 3.63) is 23.9 Å². The quantitative estimate of drug-likeness (QED) is 0.869. The number of nitrogens with zero attached hydrogens (tertiary/aromatic N) is 1. The molecule has 112 valence electrons. The molecule has 1 aliphatic carbocycles. The van der Waals surface area contributed by atoms with Gasteiger partial charge in [0.2, 0.25) is 11.8 Å². The first kappa shape index (κ1) is 16.7. The minimum atomic E-state index is -0.490. The highest BCUT2D eigenvalue weighted by Crippen LogP contribution is 2.23. The van der Waals surface area contributed by atoms with Crippen molar-refractivity contribution in [2.24, 2.45) is 5.73 Å². The number of ether oxygens (including phenoxy) is 1. The third-order valence-corrected chi connectivity index (χ3v) is 3.27. The van der Waals surface area contributed by atoms with Crippen molar-refractivity contribution in [3.8, 4) is 5.88 Å². The topological polar surface area (TPSA) is 77.2 Å². The van der Waals surface area contributed by atoms with Crippen LogP contribution in [0.5, 0.6) is 5.88 Å². The number of amides is 1. The Morgan fingerprint density at radius 2 is 2.25 bits per heavy atom. The van der Waals surface area contributed by atoms with Crippen molar-refractivity contribution >= 4 is 18.3 Å². The van der Waals surface area contributed by atoms with Crippen LogP contribution in [0.1, 0.15) is 38.2 Å². The fourth-order valence-corrected chi connectivity index (χ4v) is 2.15. The van der Waals surface area contributed by atoms with E-state index in [9.17, 15) is 4.79 Å². The maximum atomic E-state index is 11.4. The Hall–Kier alpha value is -1.33. The first-order valence-electron chi connectivity index (χ1n) is 6.80. The van der Waals surface area contributed by atoms with Crippen molar-refractivity contribution in [2.45, 2.75) is 51.3 Å². The molecule has 0 radical (unpaired) electrons. The van der Waals surface area contributed by atoms with E-state index in [1.54, 1.807) is 13.1 Å². The molecule has 1 saturated carbocycles. The highest BCUT2D eigenvalue weighted by atomic mass is 35.5. The molecule has 3 N–H and O–H groups in total. The third kappa shape index (κ3) is 4.98. The lowest BCUT2D eigenvalue weighted by molar-refractivity contribution is -0.122. The van der Waals surface area contributed by atoms with Crippen LogP contribution in [0.2, 0.25) is 0 Å². The minimum Gasteiger partial charge on any atom is -0.474 e. The molecule has 0 spiro atoms. The Bertz CT molecular complexity index is 434. The molecular weight excluding hydrogens is 278 g/mol. The SMILES string of the molecule is CC(N)C(=O)NCc1ccnc(OC2CCCC2)c1.Cl. The van der Waals surface area contributed by atoms with E-state index in [1.165, 1.54) is 12.8 Å². The standard InChI is InChI=1S/C14H21N3O2.ClH/c1-10(15)14(18)17-9-11-6-7-16-13(8-11)19-12-4-2-3-5-12;/h6-8,10,12H,2-5,9,15H2,1H3,(H,17,18);1H. The fourth-order valence-electron chi connectivity index (χ4n) is 2.15. The van der Waals surface area contributed by atoms with Crippen molar-refractivity contribution in [2.75, 3.05) is 0 Å². The average molecular weight is 300 g/mol. The van der Waals surface area contributed by atoms with Crippen LogP contribution < -0.4 is 15.8 Å². The van der Waals surface area contributed by atoms with Crippen molar-refractivity contribution in [3.63, 3.8) is 0 Å². The van der Waals surface area contributed by atoms with Crippen LogP contribution >= 0.6 is 12.4 Å². The van der Waals surface area contributed by atoms with Crippen LogP contribution in [-0.4, -0.2) is 23.0 Å². The third-order valence-electron chi connectivity index (χ3n) is 3.27. The molecule has 0 aromatic carbocycles. The smallest absolute Gasteiger partial charge is 0.236 e. The molecule has 20 heavy (non-hydrogen) atoms. The normalized spacial score (nSPS) is 16.3. The van der Waals surface area contributed by atoms with Gasteiger partial charge in [-0.3, -0.25) is 4.79 Å². The summed E-state index contributed by atoms with van der Waals surface area (Å²) < 4.78 is 5.82. The van der Waals surface area contributed by atoms with Crippen LogP contribution in [0.25, 0.3) is 0 Å². The van der Waals surface area contributed by atoms with Crippen LogP contribution in [-0.2, 0) is 11.3 Å². The lowest BCUT2D eigenvalue weighted by Crippen LogP contribution is -2.37. The van der Waals surface area contributed by atoms with Gasteiger partial charge in [0.05, 0.1) is 6.04 Å². The summed E-state index contributed by atoms with van der Waals surface area (Å²) in [7, 11) is 0. The van der Waals surface area contributed by atoms with E-state index in [0.717, 1.165) is 18.4 Å². The molecule has 1 aromatic rings. The van der Waals surface area contributed by atoms with Crippen molar-refractivity contribution in [1.82, 2.24) is 10.3 Å². The fraction of sp³-hybridized carbons (Fsp3) is 0.571. The molecule has 5 nitrogen and oxygen atoms in total. The molecule has 0 aliphatic heterocycles. The van der Waals surface area contributed by atoms with Crippen LogP contribution in [0, 0.1) is 0 Å². The number of nitrogens with two attached hydrogens (primary N) is 1. The zero-order valence-electron chi connectivity index (χ0n) is 11.7. The van der Waals surface area contributed by atoms with Gasteiger partial charge in [-0.15, -0.1) is 12.4 Å². The number of nitrogens with one attached hydrogen (secondary N) is 1.